The number of nitrogens with zero attached hydrogens (tertiary/aromatic N) is 2. The van der Waals surface area contributed by atoms with Gasteiger partial charge in [0.05, 0.1) is 6.54 Å². The first-order valence-electron chi connectivity index (χ1n) is 4.16. The van der Waals surface area contributed by atoms with Gasteiger partial charge in [-0.1, -0.05) is 12.1 Å². The topological polar surface area (TPSA) is 43.8 Å². The maximum Gasteiger partial charge on any atom is 0.0659 e. The van der Waals surface area contributed by atoms with Crippen LogP contribution in [-0.2, 0) is 6.54 Å². The van der Waals surface area contributed by atoms with Crippen LogP contribution in [0.15, 0.2) is 42.7 Å². The number of hydrogen-bond acceptors (Lipinski definition) is 2. The summed E-state index contributed by atoms with van der Waals surface area (Å²) in [5.41, 5.74) is 7.58. The molecule has 3 nitrogen and oxygen atoms in total. The third-order valence-corrected chi connectivity index (χ3v) is 1.88. The van der Waals surface area contributed by atoms with E-state index in [9.17, 15) is 0 Å². The minimum Gasteiger partial charge on any atom is -0.399 e. The van der Waals surface area contributed by atoms with E-state index in [1.807, 2.05) is 41.2 Å². The zero-order valence-electron chi connectivity index (χ0n) is 7.63. The second-order valence-electron chi connectivity index (χ2n) is 2.95. The number of rotatable bonds is 2. The van der Waals surface area contributed by atoms with Crippen LogP contribution in [0.3, 0.4) is 0 Å². The van der Waals surface area contributed by atoms with E-state index in [0.29, 0.717) is 0 Å². The minimum atomic E-state index is 0. The summed E-state index contributed by atoms with van der Waals surface area (Å²) in [6, 6.07) is 9.74. The van der Waals surface area contributed by atoms with E-state index < -0.39 is 0 Å². The predicted octanol–water partition coefficient (Wildman–Crippen LogP) is 1.94. The number of anilines is 1. The molecule has 1 aromatic carbocycles. The lowest BCUT2D eigenvalue weighted by atomic mass is 10.2. The second kappa shape index (κ2) is 4.67. The number of nitrogen functional groups attached to an aromatic ring is 1. The van der Waals surface area contributed by atoms with E-state index in [4.69, 9.17) is 5.73 Å². The first-order chi connectivity index (χ1) is 6.34. The molecule has 0 spiro atoms. The Balaban J connectivity index is 0.000000980. The lowest BCUT2D eigenvalue weighted by Gasteiger charge is -2.01. The van der Waals surface area contributed by atoms with Gasteiger partial charge in [-0.25, -0.2) is 0 Å². The van der Waals surface area contributed by atoms with Crippen molar-refractivity contribution < 1.29 is 0 Å². The molecule has 4 heteroatoms. The molecule has 2 rings (SSSR count). The monoisotopic (exact) mass is 209 g/mol. The van der Waals surface area contributed by atoms with Gasteiger partial charge in [-0.15, -0.1) is 12.4 Å². The van der Waals surface area contributed by atoms with Crippen LogP contribution in [0.2, 0.25) is 0 Å². The molecule has 1 aromatic heterocycles. The SMILES string of the molecule is Cl.Nc1ccc(Cn2cccn2)cc1. The largest absolute Gasteiger partial charge is 0.399 e. The van der Waals surface area contributed by atoms with Gasteiger partial charge in [0, 0.05) is 18.1 Å². The molecule has 2 N–H and O–H groups in total. The Hall–Kier alpha value is -1.48. The highest BCUT2D eigenvalue weighted by atomic mass is 35.5. The fourth-order valence-electron chi connectivity index (χ4n) is 1.20. The molecular weight excluding hydrogens is 198 g/mol. The van der Waals surface area contributed by atoms with Crippen molar-refractivity contribution in [3.63, 3.8) is 0 Å². The number of hydrogen-bond donors (Lipinski definition) is 1. The molecule has 74 valence electrons. The molecule has 0 aliphatic carbocycles. The van der Waals surface area contributed by atoms with Gasteiger partial charge in [0.25, 0.3) is 0 Å². The lowest BCUT2D eigenvalue weighted by molar-refractivity contribution is 0.687. The summed E-state index contributed by atoms with van der Waals surface area (Å²) in [6.07, 6.45) is 3.72. The van der Waals surface area contributed by atoms with Crippen LogP contribution in [0.4, 0.5) is 5.69 Å². The van der Waals surface area contributed by atoms with Gasteiger partial charge in [-0.2, -0.15) is 5.10 Å². The van der Waals surface area contributed by atoms with Crippen LogP contribution in [-0.4, -0.2) is 9.78 Å². The van der Waals surface area contributed by atoms with Crippen LogP contribution in [0.25, 0.3) is 0 Å². The smallest absolute Gasteiger partial charge is 0.0659 e. The molecule has 0 radical (unpaired) electrons. The average molecular weight is 210 g/mol. The second-order valence-corrected chi connectivity index (χ2v) is 2.95. The summed E-state index contributed by atoms with van der Waals surface area (Å²) in [4.78, 5) is 0. The highest BCUT2D eigenvalue weighted by molar-refractivity contribution is 5.85. The van der Waals surface area contributed by atoms with Crippen molar-refractivity contribution in [2.75, 3.05) is 5.73 Å². The van der Waals surface area contributed by atoms with Crippen LogP contribution < -0.4 is 5.73 Å². The first-order valence-corrected chi connectivity index (χ1v) is 4.16. The molecule has 2 aromatic rings. The Morgan fingerprint density at radius 2 is 1.93 bits per heavy atom. The molecule has 0 aliphatic rings. The number of benzene rings is 1. The Bertz CT molecular complexity index is 367. The standard InChI is InChI=1S/C10H11N3.ClH/c11-10-4-2-9(3-5-10)8-13-7-1-6-12-13;/h1-7H,8,11H2;1H. The van der Waals surface area contributed by atoms with Gasteiger partial charge in [0.1, 0.15) is 0 Å². The summed E-state index contributed by atoms with van der Waals surface area (Å²) in [7, 11) is 0. The molecule has 1 heterocycles. The predicted molar refractivity (Wildman–Crippen MR) is 59.4 cm³/mol. The summed E-state index contributed by atoms with van der Waals surface area (Å²) >= 11 is 0. The number of halogens is 1. The zero-order chi connectivity index (χ0) is 9.10. The fraction of sp³-hybridized carbons (Fsp3) is 0.100. The molecule has 0 saturated heterocycles. The van der Waals surface area contributed by atoms with Gasteiger partial charge in [-0.3, -0.25) is 4.68 Å². The summed E-state index contributed by atoms with van der Waals surface area (Å²) in [5, 5.41) is 4.12. The molecule has 14 heavy (non-hydrogen) atoms. The van der Waals surface area contributed by atoms with Crippen LogP contribution in [0.1, 0.15) is 5.56 Å². The maximum atomic E-state index is 5.58. The quantitative estimate of drug-likeness (QED) is 0.769. The Morgan fingerprint density at radius 3 is 2.50 bits per heavy atom. The van der Waals surface area contributed by atoms with Crippen molar-refractivity contribution in [2.24, 2.45) is 0 Å². The lowest BCUT2D eigenvalue weighted by Crippen LogP contribution is -1.99. The summed E-state index contributed by atoms with van der Waals surface area (Å²) in [5.74, 6) is 0. The van der Waals surface area contributed by atoms with Crippen molar-refractivity contribution in [3.8, 4) is 0 Å². The third-order valence-electron chi connectivity index (χ3n) is 1.88. The van der Waals surface area contributed by atoms with Crippen molar-refractivity contribution in [3.05, 3.63) is 48.3 Å². The molecule has 0 saturated carbocycles. The van der Waals surface area contributed by atoms with E-state index in [1.165, 1.54) is 5.56 Å². The average Bonchev–Trinajstić information content (AvgIpc) is 2.62. The number of nitrogens with two attached hydrogens (primary N) is 1. The Labute approximate surface area is 89.0 Å². The maximum absolute atomic E-state index is 5.58. The molecule has 0 bridgehead atoms. The third kappa shape index (κ3) is 2.50. The molecule has 0 unspecified atom stereocenters. The van der Waals surface area contributed by atoms with Crippen molar-refractivity contribution in [2.45, 2.75) is 6.54 Å². The zero-order valence-corrected chi connectivity index (χ0v) is 8.45. The van der Waals surface area contributed by atoms with E-state index in [2.05, 4.69) is 5.10 Å². The van der Waals surface area contributed by atoms with Gasteiger partial charge in [-0.05, 0) is 23.8 Å². The molecule has 0 atom stereocenters. The Morgan fingerprint density at radius 1 is 1.21 bits per heavy atom. The van der Waals surface area contributed by atoms with Crippen molar-refractivity contribution in [1.29, 1.82) is 0 Å². The van der Waals surface area contributed by atoms with Gasteiger partial charge < -0.3 is 5.73 Å². The highest BCUT2D eigenvalue weighted by Crippen LogP contribution is 2.06. The normalized spacial score (nSPS) is 9.43. The van der Waals surface area contributed by atoms with Crippen LogP contribution in [0, 0.1) is 0 Å². The highest BCUT2D eigenvalue weighted by Gasteiger charge is 1.93. The van der Waals surface area contributed by atoms with E-state index in [1.54, 1.807) is 6.20 Å². The van der Waals surface area contributed by atoms with Crippen LogP contribution >= 0.6 is 12.4 Å². The van der Waals surface area contributed by atoms with Gasteiger partial charge in [0.2, 0.25) is 0 Å². The van der Waals surface area contributed by atoms with Crippen molar-refractivity contribution in [1.82, 2.24) is 9.78 Å². The first kappa shape index (κ1) is 10.6. The van der Waals surface area contributed by atoms with Gasteiger partial charge >= 0.3 is 0 Å². The van der Waals surface area contributed by atoms with E-state index >= 15 is 0 Å². The minimum absolute atomic E-state index is 0. The summed E-state index contributed by atoms with van der Waals surface area (Å²) < 4.78 is 1.88. The molecule has 0 amide bonds. The molecular formula is C10H12ClN3. The fourth-order valence-corrected chi connectivity index (χ4v) is 1.20. The molecule has 0 fully saturated rings. The van der Waals surface area contributed by atoms with Crippen LogP contribution in [0.5, 0.6) is 0 Å². The van der Waals surface area contributed by atoms with Crippen molar-refractivity contribution >= 4 is 18.1 Å². The van der Waals surface area contributed by atoms with Gasteiger partial charge in [0.15, 0.2) is 0 Å². The Kier molecular flexibility index (Phi) is 3.54. The summed E-state index contributed by atoms with van der Waals surface area (Å²) in [6.45, 7) is 0.799. The molecule has 0 aliphatic heterocycles. The number of aromatic nitrogens is 2. The van der Waals surface area contributed by atoms with E-state index in [-0.39, 0.29) is 12.4 Å². The van der Waals surface area contributed by atoms with E-state index in [0.717, 1.165) is 12.2 Å².